The van der Waals surface area contributed by atoms with Crippen LogP contribution in [0.25, 0.3) is 0 Å². The van der Waals surface area contributed by atoms with E-state index < -0.39 is 0 Å². The van der Waals surface area contributed by atoms with Gasteiger partial charge in [-0.3, -0.25) is 9.59 Å². The van der Waals surface area contributed by atoms with E-state index in [0.29, 0.717) is 16.4 Å². The molecule has 0 aliphatic heterocycles. The Balaban J connectivity index is 2.81. The van der Waals surface area contributed by atoms with Gasteiger partial charge in [-0.05, 0) is 31.0 Å². The lowest BCUT2D eigenvalue weighted by Gasteiger charge is -2.14. The van der Waals surface area contributed by atoms with E-state index >= 15 is 0 Å². The average molecular weight is 312 g/mol. The van der Waals surface area contributed by atoms with Crippen LogP contribution in [0.15, 0.2) is 18.2 Å². The molecule has 0 bridgehead atoms. The normalized spacial score (nSPS) is 10.5. The van der Waals surface area contributed by atoms with Crippen LogP contribution in [0.5, 0.6) is 0 Å². The number of benzene rings is 1. The molecule has 0 unspecified atom stereocenters. The molecule has 21 heavy (non-hydrogen) atoms. The lowest BCUT2D eigenvalue weighted by molar-refractivity contribution is -0.120. The molecule has 1 aromatic rings. The SMILES string of the molecule is CCC(CC)C(=O)Nc1ccc(Cl)c(NC(=O)CCN)c1. The van der Waals surface area contributed by atoms with Gasteiger partial charge < -0.3 is 16.4 Å². The summed E-state index contributed by atoms with van der Waals surface area (Å²) in [7, 11) is 0. The molecule has 0 aliphatic rings. The van der Waals surface area contributed by atoms with Crippen molar-refractivity contribution in [2.45, 2.75) is 33.1 Å². The van der Waals surface area contributed by atoms with Gasteiger partial charge in [0.05, 0.1) is 10.7 Å². The number of hydrogen-bond acceptors (Lipinski definition) is 3. The molecule has 0 spiro atoms. The van der Waals surface area contributed by atoms with Crippen LogP contribution in [0.1, 0.15) is 33.1 Å². The largest absolute Gasteiger partial charge is 0.330 e. The van der Waals surface area contributed by atoms with Crippen LogP contribution in [0.3, 0.4) is 0 Å². The number of halogens is 1. The lowest BCUT2D eigenvalue weighted by Crippen LogP contribution is -2.22. The first kappa shape index (κ1) is 17.5. The molecule has 0 saturated carbocycles. The number of carbonyl (C=O) groups excluding carboxylic acids is 2. The van der Waals surface area contributed by atoms with Gasteiger partial charge in [0.15, 0.2) is 0 Å². The molecule has 6 heteroatoms. The molecule has 0 saturated heterocycles. The summed E-state index contributed by atoms with van der Waals surface area (Å²) >= 11 is 6.04. The third-order valence-corrected chi connectivity index (χ3v) is 3.57. The van der Waals surface area contributed by atoms with Crippen molar-refractivity contribution >= 4 is 34.8 Å². The first-order valence-electron chi connectivity index (χ1n) is 7.12. The number of carbonyl (C=O) groups is 2. The second-order valence-electron chi connectivity index (χ2n) is 4.78. The molecule has 1 rings (SSSR count). The van der Waals surface area contributed by atoms with Gasteiger partial charge in [-0.15, -0.1) is 0 Å². The number of rotatable bonds is 7. The molecular weight excluding hydrogens is 290 g/mol. The number of nitrogens with two attached hydrogens (primary N) is 1. The second-order valence-corrected chi connectivity index (χ2v) is 5.19. The highest BCUT2D eigenvalue weighted by Crippen LogP contribution is 2.26. The van der Waals surface area contributed by atoms with Crippen molar-refractivity contribution in [2.75, 3.05) is 17.2 Å². The molecule has 0 aliphatic carbocycles. The van der Waals surface area contributed by atoms with Crippen molar-refractivity contribution < 1.29 is 9.59 Å². The molecule has 0 radical (unpaired) electrons. The average Bonchev–Trinajstić information content (AvgIpc) is 2.44. The Kier molecular flexibility index (Phi) is 7.19. The molecule has 0 aromatic heterocycles. The second kappa shape index (κ2) is 8.64. The molecule has 5 nitrogen and oxygen atoms in total. The molecule has 0 heterocycles. The molecule has 1 aromatic carbocycles. The lowest BCUT2D eigenvalue weighted by atomic mass is 10.0. The van der Waals surface area contributed by atoms with Crippen molar-refractivity contribution in [3.05, 3.63) is 23.2 Å². The molecule has 116 valence electrons. The van der Waals surface area contributed by atoms with Crippen LogP contribution < -0.4 is 16.4 Å². The fraction of sp³-hybridized carbons (Fsp3) is 0.467. The van der Waals surface area contributed by atoms with Crippen LogP contribution in [0, 0.1) is 5.92 Å². The van der Waals surface area contributed by atoms with Gasteiger partial charge in [-0.25, -0.2) is 0 Å². The summed E-state index contributed by atoms with van der Waals surface area (Å²) < 4.78 is 0. The van der Waals surface area contributed by atoms with E-state index in [4.69, 9.17) is 17.3 Å². The summed E-state index contributed by atoms with van der Waals surface area (Å²) in [5.41, 5.74) is 6.41. The van der Waals surface area contributed by atoms with Gasteiger partial charge in [0.2, 0.25) is 11.8 Å². The molecule has 0 fully saturated rings. The number of amides is 2. The smallest absolute Gasteiger partial charge is 0.227 e. The minimum atomic E-state index is -0.206. The summed E-state index contributed by atoms with van der Waals surface area (Å²) in [4.78, 5) is 23.6. The summed E-state index contributed by atoms with van der Waals surface area (Å²) in [5.74, 6) is -0.250. The summed E-state index contributed by atoms with van der Waals surface area (Å²) in [5, 5.41) is 5.94. The Bertz CT molecular complexity index is 502. The quantitative estimate of drug-likeness (QED) is 0.723. The summed E-state index contributed by atoms with van der Waals surface area (Å²) in [6.45, 7) is 4.23. The van der Waals surface area contributed by atoms with E-state index in [9.17, 15) is 9.59 Å². The van der Waals surface area contributed by atoms with Crippen LogP contribution >= 0.6 is 11.6 Å². The van der Waals surface area contributed by atoms with Gasteiger partial charge in [-0.2, -0.15) is 0 Å². The van der Waals surface area contributed by atoms with Crippen molar-refractivity contribution in [1.29, 1.82) is 0 Å². The van der Waals surface area contributed by atoms with Gasteiger partial charge in [0, 0.05) is 24.6 Å². The fourth-order valence-corrected chi connectivity index (χ4v) is 2.11. The number of nitrogens with one attached hydrogen (secondary N) is 2. The van der Waals surface area contributed by atoms with Crippen molar-refractivity contribution in [3.63, 3.8) is 0 Å². The molecule has 0 atom stereocenters. The fourth-order valence-electron chi connectivity index (χ4n) is 1.95. The van der Waals surface area contributed by atoms with Gasteiger partial charge in [0.1, 0.15) is 0 Å². The van der Waals surface area contributed by atoms with Crippen LogP contribution in [0.4, 0.5) is 11.4 Å². The Morgan fingerprint density at radius 2 is 1.90 bits per heavy atom. The number of anilines is 2. The van der Waals surface area contributed by atoms with Crippen LogP contribution in [0.2, 0.25) is 5.02 Å². The van der Waals surface area contributed by atoms with E-state index in [-0.39, 0.29) is 30.7 Å². The molecule has 2 amide bonds. The highest BCUT2D eigenvalue weighted by molar-refractivity contribution is 6.33. The van der Waals surface area contributed by atoms with E-state index in [1.807, 2.05) is 13.8 Å². The van der Waals surface area contributed by atoms with E-state index in [1.54, 1.807) is 18.2 Å². The third-order valence-electron chi connectivity index (χ3n) is 3.24. The zero-order chi connectivity index (χ0) is 15.8. The maximum absolute atomic E-state index is 12.0. The third kappa shape index (κ3) is 5.36. The van der Waals surface area contributed by atoms with E-state index in [1.165, 1.54) is 0 Å². The first-order chi connectivity index (χ1) is 10.0. The number of hydrogen-bond donors (Lipinski definition) is 3. The Labute approximate surface area is 130 Å². The minimum absolute atomic E-state index is 0.0176. The van der Waals surface area contributed by atoms with Crippen LogP contribution in [-0.2, 0) is 9.59 Å². The maximum Gasteiger partial charge on any atom is 0.227 e. The predicted molar refractivity (Wildman–Crippen MR) is 86.5 cm³/mol. The Hall–Kier alpha value is -1.59. The Morgan fingerprint density at radius 1 is 1.24 bits per heavy atom. The highest BCUT2D eigenvalue weighted by Gasteiger charge is 2.15. The van der Waals surface area contributed by atoms with Crippen molar-refractivity contribution in [1.82, 2.24) is 0 Å². The van der Waals surface area contributed by atoms with Gasteiger partial charge in [-0.1, -0.05) is 25.4 Å². The van der Waals surface area contributed by atoms with Gasteiger partial charge in [0.25, 0.3) is 0 Å². The molecule has 4 N–H and O–H groups in total. The highest BCUT2D eigenvalue weighted by atomic mass is 35.5. The van der Waals surface area contributed by atoms with E-state index in [2.05, 4.69) is 10.6 Å². The predicted octanol–water partition coefficient (Wildman–Crippen LogP) is 3.00. The monoisotopic (exact) mass is 311 g/mol. The standard InChI is InChI=1S/C15H22ClN3O2/c1-3-10(4-2)15(21)18-11-5-6-12(16)13(9-11)19-14(20)7-8-17/h5-6,9-10H,3-4,7-8,17H2,1-2H3,(H,18,21)(H,19,20). The van der Waals surface area contributed by atoms with Gasteiger partial charge >= 0.3 is 0 Å². The van der Waals surface area contributed by atoms with E-state index in [0.717, 1.165) is 12.8 Å². The minimum Gasteiger partial charge on any atom is -0.330 e. The first-order valence-corrected chi connectivity index (χ1v) is 7.49. The zero-order valence-corrected chi connectivity index (χ0v) is 13.2. The van der Waals surface area contributed by atoms with Crippen molar-refractivity contribution in [2.24, 2.45) is 11.7 Å². The Morgan fingerprint density at radius 3 is 2.48 bits per heavy atom. The topological polar surface area (TPSA) is 84.2 Å². The summed E-state index contributed by atoms with van der Waals surface area (Å²) in [6.07, 6.45) is 1.80. The summed E-state index contributed by atoms with van der Waals surface area (Å²) in [6, 6.07) is 5.00. The molecular formula is C15H22ClN3O2. The van der Waals surface area contributed by atoms with Crippen LogP contribution in [-0.4, -0.2) is 18.4 Å². The maximum atomic E-state index is 12.0. The van der Waals surface area contributed by atoms with Crippen molar-refractivity contribution in [3.8, 4) is 0 Å². The zero-order valence-electron chi connectivity index (χ0n) is 12.4.